The lowest BCUT2D eigenvalue weighted by Gasteiger charge is -2.46. The summed E-state index contributed by atoms with van der Waals surface area (Å²) in [6.07, 6.45) is 7.47. The number of hydrogen-bond donors (Lipinski definition) is 0. The van der Waals surface area contributed by atoms with Crippen molar-refractivity contribution in [2.45, 2.75) is 38.6 Å². The highest BCUT2D eigenvalue weighted by molar-refractivity contribution is 6.62. The highest BCUT2D eigenvalue weighted by Gasteiger charge is 2.46. The van der Waals surface area contributed by atoms with Gasteiger partial charge < -0.3 is 9.47 Å². The second-order valence-corrected chi connectivity index (χ2v) is 8.32. The second kappa shape index (κ2) is 7.51. The van der Waals surface area contributed by atoms with Crippen molar-refractivity contribution in [1.82, 2.24) is 9.47 Å². The molecule has 2 aromatic rings. The fourth-order valence-corrected chi connectivity index (χ4v) is 5.14. The molecule has 4 nitrogen and oxygen atoms in total. The summed E-state index contributed by atoms with van der Waals surface area (Å²) in [5, 5.41) is -0.343. The lowest BCUT2D eigenvalue weighted by molar-refractivity contribution is 0.0450. The van der Waals surface area contributed by atoms with Gasteiger partial charge in [-0.2, -0.15) is 0 Å². The van der Waals surface area contributed by atoms with Crippen molar-refractivity contribution < 1.29 is 4.79 Å². The van der Waals surface area contributed by atoms with Crippen molar-refractivity contribution in [3.05, 3.63) is 59.0 Å². The van der Waals surface area contributed by atoms with E-state index in [-0.39, 0.29) is 16.3 Å². The van der Waals surface area contributed by atoms with E-state index in [1.807, 2.05) is 47.2 Å². The number of benzene rings is 1. The Bertz CT molecular complexity index is 871. The SMILES string of the molecule is O=C(Cl)N1CC[C@@H](Cn2ccc(-c3ccccc3)cc2=O)C2(CCCC2)C1. The van der Waals surface area contributed by atoms with Crippen LogP contribution in [0.25, 0.3) is 11.1 Å². The molecule has 1 spiro atoms. The molecule has 0 radical (unpaired) electrons. The molecule has 2 fully saturated rings. The van der Waals surface area contributed by atoms with Gasteiger partial charge in [0.25, 0.3) is 5.56 Å². The maximum absolute atomic E-state index is 12.7. The van der Waals surface area contributed by atoms with E-state index in [9.17, 15) is 9.59 Å². The number of amides is 1. The summed E-state index contributed by atoms with van der Waals surface area (Å²) < 4.78 is 1.84. The van der Waals surface area contributed by atoms with Crippen molar-refractivity contribution in [1.29, 1.82) is 0 Å². The first-order chi connectivity index (χ1) is 13.1. The normalized spacial score (nSPS) is 21.5. The Morgan fingerprint density at radius 2 is 1.85 bits per heavy atom. The summed E-state index contributed by atoms with van der Waals surface area (Å²) in [5.41, 5.74) is 2.17. The minimum atomic E-state index is -0.343. The number of likely N-dealkylation sites (tertiary alicyclic amines) is 1. The van der Waals surface area contributed by atoms with E-state index in [0.717, 1.165) is 43.5 Å². The molecular weight excluding hydrogens is 360 g/mol. The summed E-state index contributed by atoms with van der Waals surface area (Å²) in [6.45, 7) is 2.14. The Kier molecular flexibility index (Phi) is 5.09. The summed E-state index contributed by atoms with van der Waals surface area (Å²) >= 11 is 5.76. The van der Waals surface area contributed by atoms with Crippen LogP contribution in [0.15, 0.2) is 53.5 Å². The van der Waals surface area contributed by atoms with E-state index in [2.05, 4.69) is 0 Å². The number of aromatic nitrogens is 1. The van der Waals surface area contributed by atoms with Crippen LogP contribution in [0.2, 0.25) is 0 Å². The van der Waals surface area contributed by atoms with E-state index in [1.54, 1.807) is 11.0 Å². The van der Waals surface area contributed by atoms with Gasteiger partial charge in [-0.1, -0.05) is 43.2 Å². The van der Waals surface area contributed by atoms with E-state index < -0.39 is 0 Å². The maximum Gasteiger partial charge on any atom is 0.316 e. The second-order valence-electron chi connectivity index (χ2n) is 8.00. The molecule has 1 aromatic heterocycles. The molecule has 2 aliphatic rings. The fraction of sp³-hybridized carbons (Fsp3) is 0.455. The van der Waals surface area contributed by atoms with Gasteiger partial charge in [0, 0.05) is 31.9 Å². The maximum atomic E-state index is 12.7. The Morgan fingerprint density at radius 3 is 2.52 bits per heavy atom. The molecule has 2 heterocycles. The third kappa shape index (κ3) is 3.68. The zero-order valence-electron chi connectivity index (χ0n) is 15.4. The summed E-state index contributed by atoms with van der Waals surface area (Å²) in [7, 11) is 0. The number of halogens is 1. The average molecular weight is 385 g/mol. The number of hydrogen-bond acceptors (Lipinski definition) is 2. The molecule has 1 saturated carbocycles. The Morgan fingerprint density at radius 1 is 1.11 bits per heavy atom. The molecule has 0 N–H and O–H groups in total. The van der Waals surface area contributed by atoms with Crippen molar-refractivity contribution in [3.8, 4) is 11.1 Å². The van der Waals surface area contributed by atoms with Gasteiger partial charge in [0.05, 0.1) is 0 Å². The van der Waals surface area contributed by atoms with E-state index in [4.69, 9.17) is 11.6 Å². The van der Waals surface area contributed by atoms with Gasteiger partial charge >= 0.3 is 5.37 Å². The Hall–Kier alpha value is -2.07. The van der Waals surface area contributed by atoms with Crippen LogP contribution in [-0.4, -0.2) is 27.9 Å². The van der Waals surface area contributed by atoms with Gasteiger partial charge in [-0.25, -0.2) is 0 Å². The van der Waals surface area contributed by atoms with Crippen LogP contribution >= 0.6 is 11.6 Å². The fourth-order valence-electron chi connectivity index (χ4n) is 4.99. The minimum Gasteiger partial charge on any atom is -0.329 e. The highest BCUT2D eigenvalue weighted by Crippen LogP contribution is 2.49. The van der Waals surface area contributed by atoms with Crippen LogP contribution < -0.4 is 5.56 Å². The van der Waals surface area contributed by atoms with Crippen LogP contribution in [0, 0.1) is 11.3 Å². The molecule has 0 unspecified atom stereocenters. The van der Waals surface area contributed by atoms with Crippen LogP contribution in [-0.2, 0) is 6.54 Å². The number of piperidine rings is 1. The van der Waals surface area contributed by atoms with Gasteiger partial charge in [-0.3, -0.25) is 9.59 Å². The summed E-state index contributed by atoms with van der Waals surface area (Å²) in [5.74, 6) is 0.410. The molecule has 1 aliphatic heterocycles. The van der Waals surface area contributed by atoms with Gasteiger partial charge in [-0.15, -0.1) is 0 Å². The van der Waals surface area contributed by atoms with Crippen LogP contribution in [0.4, 0.5) is 4.79 Å². The third-order valence-electron chi connectivity index (χ3n) is 6.49. The topological polar surface area (TPSA) is 42.3 Å². The van der Waals surface area contributed by atoms with Crippen molar-refractivity contribution in [3.63, 3.8) is 0 Å². The molecule has 0 bridgehead atoms. The predicted molar refractivity (Wildman–Crippen MR) is 108 cm³/mol. The van der Waals surface area contributed by atoms with Crippen molar-refractivity contribution in [2.24, 2.45) is 11.3 Å². The number of rotatable bonds is 3. The lowest BCUT2D eigenvalue weighted by atomic mass is 9.69. The minimum absolute atomic E-state index is 0.0420. The highest BCUT2D eigenvalue weighted by atomic mass is 35.5. The molecule has 1 atom stereocenters. The van der Waals surface area contributed by atoms with Gasteiger partial charge in [0.15, 0.2) is 0 Å². The van der Waals surface area contributed by atoms with Gasteiger partial charge in [0.1, 0.15) is 0 Å². The first kappa shape index (κ1) is 18.3. The molecule has 1 aromatic carbocycles. The molecule has 1 aliphatic carbocycles. The Balaban J connectivity index is 1.56. The molecule has 27 heavy (non-hydrogen) atoms. The van der Waals surface area contributed by atoms with E-state index >= 15 is 0 Å². The number of carbonyl (C=O) groups is 1. The third-order valence-corrected chi connectivity index (χ3v) is 6.73. The molecule has 5 heteroatoms. The van der Waals surface area contributed by atoms with E-state index in [1.165, 1.54) is 12.8 Å². The number of carbonyl (C=O) groups excluding carboxylic acids is 1. The zero-order chi connectivity index (χ0) is 18.9. The number of nitrogens with zero attached hydrogens (tertiary/aromatic N) is 2. The van der Waals surface area contributed by atoms with Crippen LogP contribution in [0.5, 0.6) is 0 Å². The lowest BCUT2D eigenvalue weighted by Crippen LogP contribution is -2.50. The monoisotopic (exact) mass is 384 g/mol. The largest absolute Gasteiger partial charge is 0.329 e. The predicted octanol–water partition coefficient (Wildman–Crippen LogP) is 4.76. The first-order valence-corrected chi connectivity index (χ1v) is 10.2. The summed E-state index contributed by atoms with van der Waals surface area (Å²) in [6, 6.07) is 13.7. The van der Waals surface area contributed by atoms with Gasteiger partial charge in [-0.05, 0) is 59.4 Å². The molecule has 142 valence electrons. The zero-order valence-corrected chi connectivity index (χ0v) is 16.2. The molecule has 1 saturated heterocycles. The van der Waals surface area contributed by atoms with Crippen molar-refractivity contribution in [2.75, 3.05) is 13.1 Å². The van der Waals surface area contributed by atoms with Gasteiger partial charge in [0.2, 0.25) is 0 Å². The smallest absolute Gasteiger partial charge is 0.316 e. The number of pyridine rings is 1. The first-order valence-electron chi connectivity index (χ1n) is 9.78. The quantitative estimate of drug-likeness (QED) is 0.565. The molecule has 1 amide bonds. The van der Waals surface area contributed by atoms with Crippen molar-refractivity contribution >= 4 is 17.0 Å². The summed E-state index contributed by atoms with van der Waals surface area (Å²) in [4.78, 5) is 26.2. The Labute approximate surface area is 164 Å². The van der Waals surface area contributed by atoms with Crippen LogP contribution in [0.1, 0.15) is 32.1 Å². The average Bonchev–Trinajstić information content (AvgIpc) is 3.14. The standard InChI is InChI=1S/C22H25ClN2O2/c23-21(27)25-13-9-19(22(16-25)10-4-5-11-22)15-24-12-8-18(14-20(24)26)17-6-2-1-3-7-17/h1-3,6-8,12,14,19H,4-5,9-11,13,15-16H2/t19-/m0/s1. The van der Waals surface area contributed by atoms with E-state index in [0.29, 0.717) is 12.5 Å². The molecular formula is C22H25ClN2O2. The molecule has 4 rings (SSSR count). The van der Waals surface area contributed by atoms with Crippen LogP contribution in [0.3, 0.4) is 0 Å².